The van der Waals surface area contributed by atoms with Gasteiger partial charge in [0.05, 0.1) is 12.9 Å². The van der Waals surface area contributed by atoms with Gasteiger partial charge in [-0.15, -0.1) is 0 Å². The Morgan fingerprint density at radius 1 is 1.32 bits per heavy atom. The minimum Gasteiger partial charge on any atom is -0.478 e. The number of anilines is 1. The van der Waals surface area contributed by atoms with Crippen LogP contribution in [0.5, 0.6) is 0 Å². The van der Waals surface area contributed by atoms with Crippen LogP contribution in [-0.2, 0) is 23.4 Å². The van der Waals surface area contributed by atoms with E-state index in [0.717, 1.165) is 10.9 Å². The molecule has 1 amide bonds. The third kappa shape index (κ3) is 5.20. The van der Waals surface area contributed by atoms with Gasteiger partial charge in [-0.1, -0.05) is 0 Å². The Labute approximate surface area is 171 Å². The number of aliphatic hydroxyl groups excluding tert-OH is 2. The number of hydrogen-bond acceptors (Lipinski definition) is 10. The number of aliphatic hydroxyl groups is 2. The van der Waals surface area contributed by atoms with Crippen molar-refractivity contribution in [1.29, 1.82) is 0 Å². The average molecular weight is 461 g/mol. The Hall–Kier alpha value is -2.98. The standard InChI is InChI=1S/C14H16N5O11P/c20-6(1-2-7(21)22)16-14-17-11-8(12(25)18-14)15-4-19(11)13-10(24)9(23)5(30-13)3-29-31(26,27)28/h1-2,4-5,9-10,13,23-24H,3H2,(H,21,22)(H2,26,27,28)(H2,16,17,18,20,25)/b2-1+/t5-,9-,10-,13-/m1/s1. The minimum absolute atomic E-state index is 0.172. The zero-order chi connectivity index (χ0) is 22.9. The van der Waals surface area contributed by atoms with Crippen LogP contribution in [0.1, 0.15) is 6.23 Å². The monoisotopic (exact) mass is 461 g/mol. The van der Waals surface area contributed by atoms with E-state index in [4.69, 9.17) is 19.6 Å². The summed E-state index contributed by atoms with van der Waals surface area (Å²) in [6, 6.07) is 0. The summed E-state index contributed by atoms with van der Waals surface area (Å²) in [4.78, 5) is 62.0. The SMILES string of the molecule is O=C(O)/C=C/C(=O)Nc1nc2c(ncn2[C@@H]2O[C@H](COP(=O)(O)O)[C@@H](O)[C@H]2O)c(=O)[nH]1. The van der Waals surface area contributed by atoms with E-state index >= 15 is 0 Å². The van der Waals surface area contributed by atoms with Gasteiger partial charge in [-0.25, -0.2) is 14.3 Å². The maximum atomic E-state index is 12.2. The molecule has 3 rings (SSSR count). The van der Waals surface area contributed by atoms with Crippen molar-refractivity contribution < 1.29 is 48.5 Å². The number of amides is 1. The zero-order valence-corrected chi connectivity index (χ0v) is 16.1. The number of carboxylic acids is 1. The number of aromatic amines is 1. The van der Waals surface area contributed by atoms with E-state index in [9.17, 15) is 29.2 Å². The number of fused-ring (bicyclic) bond motifs is 1. The molecule has 0 bridgehead atoms. The number of hydrogen-bond donors (Lipinski definition) is 7. The maximum absolute atomic E-state index is 12.2. The Balaban J connectivity index is 1.88. The van der Waals surface area contributed by atoms with Crippen LogP contribution in [0.25, 0.3) is 11.2 Å². The van der Waals surface area contributed by atoms with Crippen molar-refractivity contribution in [2.75, 3.05) is 11.9 Å². The first-order valence-electron chi connectivity index (χ1n) is 8.37. The number of nitrogens with zero attached hydrogens (tertiary/aromatic N) is 3. The van der Waals surface area contributed by atoms with Crippen LogP contribution >= 0.6 is 7.82 Å². The molecule has 0 saturated carbocycles. The van der Waals surface area contributed by atoms with Gasteiger partial charge in [0.1, 0.15) is 18.3 Å². The predicted octanol–water partition coefficient (Wildman–Crippen LogP) is -2.57. The highest BCUT2D eigenvalue weighted by Crippen LogP contribution is 2.38. The van der Waals surface area contributed by atoms with Gasteiger partial charge in [0.2, 0.25) is 5.95 Å². The number of H-pyrrole nitrogens is 1. The minimum atomic E-state index is -4.85. The van der Waals surface area contributed by atoms with Crippen LogP contribution in [0, 0.1) is 0 Å². The van der Waals surface area contributed by atoms with Gasteiger partial charge >= 0.3 is 13.8 Å². The van der Waals surface area contributed by atoms with Gasteiger partial charge < -0.3 is 29.8 Å². The van der Waals surface area contributed by atoms with Crippen LogP contribution < -0.4 is 10.9 Å². The molecule has 0 aliphatic carbocycles. The smallest absolute Gasteiger partial charge is 0.469 e. The number of carbonyl (C=O) groups is 2. The molecule has 16 nitrogen and oxygen atoms in total. The predicted molar refractivity (Wildman–Crippen MR) is 97.5 cm³/mol. The molecule has 0 spiro atoms. The van der Waals surface area contributed by atoms with Crippen molar-refractivity contribution in [1.82, 2.24) is 19.5 Å². The van der Waals surface area contributed by atoms with Crippen molar-refractivity contribution in [3.05, 3.63) is 28.8 Å². The fourth-order valence-corrected chi connectivity index (χ4v) is 3.09. The van der Waals surface area contributed by atoms with Crippen LogP contribution in [0.3, 0.4) is 0 Å². The molecular weight excluding hydrogens is 445 g/mol. The number of imidazole rings is 1. The van der Waals surface area contributed by atoms with E-state index in [1.54, 1.807) is 0 Å². The van der Waals surface area contributed by atoms with E-state index in [1.165, 1.54) is 0 Å². The van der Waals surface area contributed by atoms with Crippen molar-refractivity contribution in [3.8, 4) is 0 Å². The number of phosphoric acid groups is 1. The Kier molecular flexibility index (Phi) is 6.33. The Morgan fingerprint density at radius 2 is 2.03 bits per heavy atom. The summed E-state index contributed by atoms with van der Waals surface area (Å²) in [6.45, 7) is -0.739. The molecule has 2 aromatic heterocycles. The van der Waals surface area contributed by atoms with Crippen molar-refractivity contribution >= 4 is 36.8 Å². The molecule has 2 aromatic rings. The lowest BCUT2D eigenvalue weighted by Gasteiger charge is -2.16. The molecule has 3 heterocycles. The first-order chi connectivity index (χ1) is 14.5. The molecule has 1 aliphatic heterocycles. The second-order valence-corrected chi connectivity index (χ2v) is 7.47. The fraction of sp³-hybridized carbons (Fsp3) is 0.357. The lowest BCUT2D eigenvalue weighted by atomic mass is 10.1. The lowest BCUT2D eigenvalue weighted by Crippen LogP contribution is -2.33. The van der Waals surface area contributed by atoms with Gasteiger partial charge in [0.15, 0.2) is 17.4 Å². The third-order valence-corrected chi connectivity index (χ3v) is 4.55. The van der Waals surface area contributed by atoms with Gasteiger partial charge in [-0.05, 0) is 0 Å². The maximum Gasteiger partial charge on any atom is 0.469 e. The molecule has 31 heavy (non-hydrogen) atoms. The molecule has 0 aromatic carbocycles. The van der Waals surface area contributed by atoms with Crippen LogP contribution in [0.15, 0.2) is 23.3 Å². The van der Waals surface area contributed by atoms with E-state index in [1.807, 2.05) is 0 Å². The fourth-order valence-electron chi connectivity index (χ4n) is 2.74. The van der Waals surface area contributed by atoms with E-state index in [2.05, 4.69) is 24.8 Å². The molecule has 17 heteroatoms. The summed E-state index contributed by atoms with van der Waals surface area (Å²) in [5, 5.41) is 31.0. The molecule has 1 fully saturated rings. The highest BCUT2D eigenvalue weighted by Gasteiger charge is 2.45. The number of nitrogens with one attached hydrogen (secondary N) is 2. The van der Waals surface area contributed by atoms with E-state index in [-0.39, 0.29) is 17.1 Å². The largest absolute Gasteiger partial charge is 0.478 e. The van der Waals surface area contributed by atoms with Gasteiger partial charge in [-0.2, -0.15) is 4.98 Å². The summed E-state index contributed by atoms with van der Waals surface area (Å²) in [5.41, 5.74) is -1.16. The average Bonchev–Trinajstić information content (AvgIpc) is 3.20. The number of ether oxygens (including phenoxy) is 1. The topological polar surface area (TPSA) is 246 Å². The summed E-state index contributed by atoms with van der Waals surface area (Å²) < 4.78 is 21.6. The molecule has 1 saturated heterocycles. The molecule has 4 atom stereocenters. The van der Waals surface area contributed by atoms with Crippen LogP contribution in [-0.4, -0.2) is 81.4 Å². The molecule has 0 radical (unpaired) electrons. The second-order valence-electron chi connectivity index (χ2n) is 6.23. The zero-order valence-electron chi connectivity index (χ0n) is 15.2. The third-order valence-electron chi connectivity index (χ3n) is 4.07. The van der Waals surface area contributed by atoms with Crippen molar-refractivity contribution in [2.24, 2.45) is 0 Å². The molecule has 1 aliphatic rings. The van der Waals surface area contributed by atoms with Gasteiger partial charge in [0, 0.05) is 12.2 Å². The van der Waals surface area contributed by atoms with Crippen LogP contribution in [0.4, 0.5) is 5.95 Å². The summed E-state index contributed by atoms with van der Waals surface area (Å²) in [6.07, 6.45) is -3.58. The molecule has 0 unspecified atom stereocenters. The number of aliphatic carboxylic acids is 1. The first-order valence-corrected chi connectivity index (χ1v) is 9.90. The highest BCUT2D eigenvalue weighted by atomic mass is 31.2. The van der Waals surface area contributed by atoms with Crippen LogP contribution in [0.2, 0.25) is 0 Å². The number of rotatable bonds is 7. The summed E-state index contributed by atoms with van der Waals surface area (Å²) in [7, 11) is -4.85. The quantitative estimate of drug-likeness (QED) is 0.166. The van der Waals surface area contributed by atoms with Gasteiger partial charge in [-0.3, -0.25) is 29.0 Å². The van der Waals surface area contributed by atoms with E-state index < -0.39 is 56.4 Å². The Bertz CT molecular complexity index is 1140. The molecular formula is C14H16N5O11P. The normalized spacial score (nSPS) is 24.1. The number of carbonyl (C=O) groups excluding carboxylic acids is 1. The number of phosphoric ester groups is 1. The highest BCUT2D eigenvalue weighted by molar-refractivity contribution is 7.46. The second kappa shape index (κ2) is 8.64. The Morgan fingerprint density at radius 3 is 2.68 bits per heavy atom. The summed E-state index contributed by atoms with van der Waals surface area (Å²) in [5.74, 6) is -2.64. The lowest BCUT2D eigenvalue weighted by molar-refractivity contribution is -0.131. The van der Waals surface area contributed by atoms with Gasteiger partial charge in [0.25, 0.3) is 11.5 Å². The molecule has 7 N–H and O–H groups in total. The summed E-state index contributed by atoms with van der Waals surface area (Å²) >= 11 is 0. The molecule has 168 valence electrons. The number of carboxylic acid groups (broad SMARTS) is 1. The van der Waals surface area contributed by atoms with E-state index in [0.29, 0.717) is 12.2 Å². The number of aromatic nitrogens is 4. The van der Waals surface area contributed by atoms with Crippen molar-refractivity contribution in [3.63, 3.8) is 0 Å². The first kappa shape index (κ1) is 22.7. The van der Waals surface area contributed by atoms with Crippen molar-refractivity contribution in [2.45, 2.75) is 24.5 Å².